The predicted molar refractivity (Wildman–Crippen MR) is 101 cm³/mol. The van der Waals surface area contributed by atoms with Gasteiger partial charge in [-0.1, -0.05) is 31.9 Å². The molecule has 152 valence electrons. The lowest BCUT2D eigenvalue weighted by atomic mass is 9.95. The second-order valence-corrected chi connectivity index (χ2v) is 6.67. The Balaban J connectivity index is 1.86. The summed E-state index contributed by atoms with van der Waals surface area (Å²) in [5.41, 5.74) is -0.582. The molecular formula is C19H25N3O6. The smallest absolute Gasteiger partial charge is 0.326 e. The Morgan fingerprint density at radius 3 is 2.64 bits per heavy atom. The fourth-order valence-corrected chi connectivity index (χ4v) is 2.85. The molecule has 1 aromatic rings. The second-order valence-electron chi connectivity index (χ2n) is 6.67. The van der Waals surface area contributed by atoms with Crippen molar-refractivity contribution >= 4 is 29.5 Å². The summed E-state index contributed by atoms with van der Waals surface area (Å²) in [6.07, 6.45) is 2.13. The lowest BCUT2D eigenvalue weighted by Crippen LogP contribution is -2.44. The average Bonchev–Trinajstić information content (AvgIpc) is 2.88. The Bertz CT molecular complexity index is 766. The molecule has 0 bridgehead atoms. The highest BCUT2D eigenvalue weighted by Gasteiger charge is 2.47. The van der Waals surface area contributed by atoms with Gasteiger partial charge in [0.05, 0.1) is 12.8 Å². The number of imide groups is 1. The van der Waals surface area contributed by atoms with Crippen LogP contribution in [0.15, 0.2) is 24.3 Å². The van der Waals surface area contributed by atoms with Crippen LogP contribution >= 0.6 is 0 Å². The largest absolute Gasteiger partial charge is 0.495 e. The molecule has 1 aromatic carbocycles. The molecule has 1 saturated heterocycles. The Kier molecular flexibility index (Phi) is 6.97. The van der Waals surface area contributed by atoms with Gasteiger partial charge in [-0.2, -0.15) is 0 Å². The number of esters is 1. The lowest BCUT2D eigenvalue weighted by Gasteiger charge is -2.21. The van der Waals surface area contributed by atoms with Gasteiger partial charge >= 0.3 is 12.0 Å². The van der Waals surface area contributed by atoms with Gasteiger partial charge in [-0.25, -0.2) is 4.79 Å². The van der Waals surface area contributed by atoms with Gasteiger partial charge in [0.1, 0.15) is 17.8 Å². The molecule has 9 nitrogen and oxygen atoms in total. The average molecular weight is 391 g/mol. The Morgan fingerprint density at radius 2 is 1.96 bits per heavy atom. The monoisotopic (exact) mass is 391 g/mol. The van der Waals surface area contributed by atoms with E-state index in [1.165, 1.54) is 7.11 Å². The second kappa shape index (κ2) is 9.20. The summed E-state index contributed by atoms with van der Waals surface area (Å²) in [7, 11) is 1.47. The number of carbonyl (C=O) groups excluding carboxylic acids is 4. The Labute approximate surface area is 163 Å². The number of benzene rings is 1. The summed E-state index contributed by atoms with van der Waals surface area (Å²) >= 11 is 0. The van der Waals surface area contributed by atoms with Gasteiger partial charge in [0, 0.05) is 0 Å². The number of rotatable bonds is 9. The molecule has 1 aliphatic heterocycles. The number of nitrogens with zero attached hydrogens (tertiary/aromatic N) is 1. The molecule has 28 heavy (non-hydrogen) atoms. The fourth-order valence-electron chi connectivity index (χ4n) is 2.85. The summed E-state index contributed by atoms with van der Waals surface area (Å²) in [6, 6.07) is 6.15. The number of methoxy groups -OCH3 is 1. The fraction of sp³-hybridized carbons (Fsp3) is 0.474. The summed E-state index contributed by atoms with van der Waals surface area (Å²) in [6.45, 7) is 2.52. The van der Waals surface area contributed by atoms with Crippen LogP contribution in [0.2, 0.25) is 0 Å². The first-order valence-corrected chi connectivity index (χ1v) is 9.03. The van der Waals surface area contributed by atoms with Crippen LogP contribution in [0.4, 0.5) is 10.5 Å². The molecule has 0 aliphatic carbocycles. The van der Waals surface area contributed by atoms with Crippen LogP contribution in [0.1, 0.15) is 33.1 Å². The summed E-state index contributed by atoms with van der Waals surface area (Å²) in [4.78, 5) is 49.3. The molecule has 0 aromatic heterocycles. The highest BCUT2D eigenvalue weighted by atomic mass is 16.5. The molecule has 0 unspecified atom stereocenters. The van der Waals surface area contributed by atoms with Gasteiger partial charge in [-0.15, -0.1) is 0 Å². The first-order chi connectivity index (χ1) is 13.3. The molecule has 9 heteroatoms. The van der Waals surface area contributed by atoms with Gasteiger partial charge in [0.15, 0.2) is 6.61 Å². The van der Waals surface area contributed by atoms with Crippen molar-refractivity contribution in [1.82, 2.24) is 10.2 Å². The van der Waals surface area contributed by atoms with Gasteiger partial charge in [0.2, 0.25) is 0 Å². The quantitative estimate of drug-likeness (QED) is 0.489. The van der Waals surface area contributed by atoms with E-state index in [1.807, 2.05) is 6.92 Å². The van der Waals surface area contributed by atoms with Crippen LogP contribution in [0.3, 0.4) is 0 Å². The number of para-hydroxylation sites is 2. The van der Waals surface area contributed by atoms with Crippen molar-refractivity contribution in [1.29, 1.82) is 0 Å². The minimum Gasteiger partial charge on any atom is -0.495 e. The van der Waals surface area contributed by atoms with Crippen molar-refractivity contribution in [3.63, 3.8) is 0 Å². The SMILES string of the molecule is CCCC[C@@]1(C)NC(=O)N(CC(=O)OCC(=O)Nc2ccccc2OC)C1=O. The van der Waals surface area contributed by atoms with Gasteiger partial charge in [0.25, 0.3) is 11.8 Å². The molecule has 2 N–H and O–H groups in total. The highest BCUT2D eigenvalue weighted by Crippen LogP contribution is 2.24. The summed E-state index contributed by atoms with van der Waals surface area (Å²) in [5, 5.41) is 5.18. The molecule has 1 heterocycles. The standard InChI is InChI=1S/C19H25N3O6/c1-4-5-10-19(2)17(25)22(18(26)21-19)11-16(24)28-12-15(23)20-13-8-6-7-9-14(13)27-3/h6-9H,4-5,10-12H2,1-3H3,(H,20,23)(H,21,26)/t19-/m1/s1. The summed E-state index contributed by atoms with van der Waals surface area (Å²) < 4.78 is 10.0. The minimum absolute atomic E-state index is 0.437. The van der Waals surface area contributed by atoms with Crippen molar-refractivity contribution in [3.05, 3.63) is 24.3 Å². The zero-order chi connectivity index (χ0) is 20.7. The van der Waals surface area contributed by atoms with E-state index in [0.717, 1.165) is 17.7 Å². The zero-order valence-electron chi connectivity index (χ0n) is 16.2. The number of hydrogen-bond acceptors (Lipinski definition) is 6. The number of unbranched alkanes of at least 4 members (excludes halogenated alkanes) is 1. The predicted octanol–water partition coefficient (Wildman–Crippen LogP) is 1.68. The third kappa shape index (κ3) is 4.99. The van der Waals surface area contributed by atoms with Crippen LogP contribution in [0, 0.1) is 0 Å². The molecular weight excluding hydrogens is 366 g/mol. The van der Waals surface area contributed by atoms with Crippen molar-refractivity contribution in [2.45, 2.75) is 38.6 Å². The number of ether oxygens (including phenoxy) is 2. The van der Waals surface area contributed by atoms with Crippen LogP contribution in [-0.2, 0) is 19.1 Å². The first-order valence-electron chi connectivity index (χ1n) is 9.03. The number of nitrogens with one attached hydrogen (secondary N) is 2. The van der Waals surface area contributed by atoms with Crippen molar-refractivity contribution in [3.8, 4) is 5.75 Å². The highest BCUT2D eigenvalue weighted by molar-refractivity contribution is 6.08. The van der Waals surface area contributed by atoms with E-state index in [4.69, 9.17) is 9.47 Å². The molecule has 4 amide bonds. The Hall–Kier alpha value is -3.10. The van der Waals surface area contributed by atoms with Gasteiger partial charge in [-0.3, -0.25) is 19.3 Å². The van der Waals surface area contributed by atoms with E-state index in [1.54, 1.807) is 31.2 Å². The molecule has 2 rings (SSSR count). The third-order valence-electron chi connectivity index (χ3n) is 4.41. The number of amides is 4. The molecule has 0 saturated carbocycles. The van der Waals surface area contributed by atoms with Crippen LogP contribution in [0.5, 0.6) is 5.75 Å². The van der Waals surface area contributed by atoms with E-state index >= 15 is 0 Å². The normalized spacial score (nSPS) is 18.6. The molecule has 1 fully saturated rings. The number of hydrogen-bond donors (Lipinski definition) is 2. The summed E-state index contributed by atoms with van der Waals surface area (Å²) in [5.74, 6) is -1.42. The van der Waals surface area contributed by atoms with Gasteiger partial charge in [-0.05, 0) is 25.5 Å². The minimum atomic E-state index is -1.02. The van der Waals surface area contributed by atoms with Crippen LogP contribution < -0.4 is 15.4 Å². The Morgan fingerprint density at radius 1 is 1.25 bits per heavy atom. The van der Waals surface area contributed by atoms with Crippen molar-refractivity contribution < 1.29 is 28.7 Å². The zero-order valence-corrected chi connectivity index (χ0v) is 16.2. The van der Waals surface area contributed by atoms with Crippen molar-refractivity contribution in [2.24, 2.45) is 0 Å². The van der Waals surface area contributed by atoms with E-state index in [-0.39, 0.29) is 0 Å². The maximum atomic E-state index is 12.5. The van der Waals surface area contributed by atoms with E-state index in [0.29, 0.717) is 17.9 Å². The first kappa shape index (κ1) is 21.2. The molecule has 0 radical (unpaired) electrons. The number of urea groups is 1. The van der Waals surface area contributed by atoms with E-state index < -0.39 is 42.5 Å². The number of anilines is 1. The van der Waals surface area contributed by atoms with Crippen LogP contribution in [-0.4, -0.2) is 54.5 Å². The third-order valence-corrected chi connectivity index (χ3v) is 4.41. The van der Waals surface area contributed by atoms with E-state index in [9.17, 15) is 19.2 Å². The molecule has 1 aliphatic rings. The topological polar surface area (TPSA) is 114 Å². The van der Waals surface area contributed by atoms with Gasteiger partial charge < -0.3 is 20.1 Å². The van der Waals surface area contributed by atoms with Crippen molar-refractivity contribution in [2.75, 3.05) is 25.6 Å². The molecule has 0 spiro atoms. The van der Waals surface area contributed by atoms with Crippen LogP contribution in [0.25, 0.3) is 0 Å². The number of carbonyl (C=O) groups is 4. The maximum absolute atomic E-state index is 12.5. The lowest BCUT2D eigenvalue weighted by molar-refractivity contribution is -0.150. The van der Waals surface area contributed by atoms with E-state index in [2.05, 4.69) is 10.6 Å². The molecule has 1 atom stereocenters. The maximum Gasteiger partial charge on any atom is 0.326 e.